The van der Waals surface area contributed by atoms with Crippen LogP contribution in [0.15, 0.2) is 17.5 Å². The first-order valence-electron chi connectivity index (χ1n) is 7.75. The van der Waals surface area contributed by atoms with E-state index in [1.165, 1.54) is 45.2 Å². The summed E-state index contributed by atoms with van der Waals surface area (Å²) in [6, 6.07) is 4.64. The quantitative estimate of drug-likeness (QED) is 0.799. The molecule has 0 aromatic carbocycles. The number of piperidine rings is 2. The molecule has 2 aliphatic rings. The fraction of sp³-hybridized carbons (Fsp3) is 0.688. The van der Waals surface area contributed by atoms with Gasteiger partial charge in [-0.1, -0.05) is 12.5 Å². The molecule has 3 nitrogen and oxygen atoms in total. The second-order valence-corrected chi connectivity index (χ2v) is 6.97. The zero-order chi connectivity index (χ0) is 13.8. The molecule has 2 fully saturated rings. The summed E-state index contributed by atoms with van der Waals surface area (Å²) in [6.07, 6.45) is 6.85. The highest BCUT2D eigenvalue weighted by Crippen LogP contribution is 2.31. The van der Waals surface area contributed by atoms with Gasteiger partial charge in [0.15, 0.2) is 0 Å². The Morgan fingerprint density at radius 3 is 3.05 bits per heavy atom. The van der Waals surface area contributed by atoms with Crippen molar-refractivity contribution in [2.45, 2.75) is 44.6 Å². The monoisotopic (exact) mass is 293 g/mol. The van der Waals surface area contributed by atoms with E-state index in [4.69, 9.17) is 4.74 Å². The Bertz CT molecular complexity index is 430. The van der Waals surface area contributed by atoms with Gasteiger partial charge in [0.25, 0.3) is 0 Å². The highest BCUT2D eigenvalue weighted by Gasteiger charge is 2.33. The van der Waals surface area contributed by atoms with Crippen LogP contribution in [-0.2, 0) is 16.0 Å². The molecular formula is C16H23NO2S. The predicted molar refractivity (Wildman–Crippen MR) is 80.9 cm³/mol. The molecule has 3 heterocycles. The van der Waals surface area contributed by atoms with Gasteiger partial charge in [0.05, 0.1) is 13.0 Å². The lowest BCUT2D eigenvalue weighted by molar-refractivity contribution is -0.145. The summed E-state index contributed by atoms with van der Waals surface area (Å²) in [6.45, 7) is 3.10. The first kappa shape index (κ1) is 14.1. The Hall–Kier alpha value is -0.870. The molecule has 0 bridgehead atoms. The predicted octanol–water partition coefficient (Wildman–Crippen LogP) is 3.10. The third-order valence-electron chi connectivity index (χ3n) is 4.59. The molecule has 0 amide bonds. The number of nitrogens with zero attached hydrogens (tertiary/aromatic N) is 1. The van der Waals surface area contributed by atoms with E-state index in [9.17, 15) is 4.79 Å². The molecule has 3 rings (SSSR count). The molecule has 0 radical (unpaired) electrons. The number of esters is 1. The van der Waals surface area contributed by atoms with E-state index in [2.05, 4.69) is 4.90 Å². The molecule has 0 spiro atoms. The minimum Gasteiger partial charge on any atom is -0.465 e. The molecule has 0 aliphatic carbocycles. The van der Waals surface area contributed by atoms with Crippen molar-refractivity contribution in [1.82, 2.24) is 4.90 Å². The molecule has 0 saturated carbocycles. The van der Waals surface area contributed by atoms with Crippen molar-refractivity contribution in [3.05, 3.63) is 22.4 Å². The lowest BCUT2D eigenvalue weighted by atomic mass is 9.84. The van der Waals surface area contributed by atoms with E-state index >= 15 is 0 Å². The lowest BCUT2D eigenvalue weighted by Crippen LogP contribution is -2.49. The number of carbonyl (C=O) groups is 1. The topological polar surface area (TPSA) is 29.5 Å². The highest BCUT2D eigenvalue weighted by molar-refractivity contribution is 7.10. The van der Waals surface area contributed by atoms with Crippen LogP contribution in [0.1, 0.15) is 37.0 Å². The van der Waals surface area contributed by atoms with Crippen LogP contribution < -0.4 is 0 Å². The van der Waals surface area contributed by atoms with Crippen LogP contribution in [0.5, 0.6) is 0 Å². The summed E-state index contributed by atoms with van der Waals surface area (Å²) >= 11 is 1.62. The van der Waals surface area contributed by atoms with Gasteiger partial charge in [-0.05, 0) is 50.2 Å². The zero-order valence-corrected chi connectivity index (χ0v) is 12.7. The Kier molecular flexibility index (Phi) is 4.73. The molecule has 2 atom stereocenters. The molecule has 20 heavy (non-hydrogen) atoms. The number of thiophene rings is 1. The van der Waals surface area contributed by atoms with Crippen LogP contribution in [0, 0.1) is 5.92 Å². The molecule has 110 valence electrons. The van der Waals surface area contributed by atoms with E-state index in [0.29, 0.717) is 25.0 Å². The maximum atomic E-state index is 11.9. The molecule has 2 aliphatic heterocycles. The second-order valence-electron chi connectivity index (χ2n) is 5.94. The fourth-order valence-corrected chi connectivity index (χ4v) is 4.27. The molecule has 0 N–H and O–H groups in total. The van der Waals surface area contributed by atoms with Crippen molar-refractivity contribution in [2.75, 3.05) is 19.7 Å². The summed E-state index contributed by atoms with van der Waals surface area (Å²) < 4.78 is 5.54. The van der Waals surface area contributed by atoms with Crippen molar-refractivity contribution in [2.24, 2.45) is 5.92 Å². The Morgan fingerprint density at radius 2 is 2.20 bits per heavy atom. The van der Waals surface area contributed by atoms with Gasteiger partial charge in [0, 0.05) is 16.8 Å². The molecule has 1 aromatic heterocycles. The van der Waals surface area contributed by atoms with Crippen LogP contribution >= 0.6 is 11.3 Å². The van der Waals surface area contributed by atoms with Gasteiger partial charge in [-0.25, -0.2) is 0 Å². The average molecular weight is 293 g/mol. The SMILES string of the molecule is O=C(Cc1cccs1)OC[C@@H]1CCCN2CCCC[C@H]12. The smallest absolute Gasteiger partial charge is 0.311 e. The number of ether oxygens (including phenoxy) is 1. The molecule has 1 aromatic rings. The number of hydrogen-bond donors (Lipinski definition) is 0. The largest absolute Gasteiger partial charge is 0.465 e. The minimum absolute atomic E-state index is 0.0691. The zero-order valence-electron chi connectivity index (χ0n) is 11.9. The van der Waals surface area contributed by atoms with Gasteiger partial charge in [-0.2, -0.15) is 0 Å². The maximum absolute atomic E-state index is 11.9. The van der Waals surface area contributed by atoms with Gasteiger partial charge >= 0.3 is 5.97 Å². The van der Waals surface area contributed by atoms with E-state index in [1.54, 1.807) is 11.3 Å². The van der Waals surface area contributed by atoms with Crippen LogP contribution in [0.4, 0.5) is 0 Å². The van der Waals surface area contributed by atoms with Crippen molar-refractivity contribution in [3.8, 4) is 0 Å². The van der Waals surface area contributed by atoms with Gasteiger partial charge in [0.2, 0.25) is 0 Å². The third kappa shape index (κ3) is 3.41. The number of rotatable bonds is 4. The Balaban J connectivity index is 1.48. The van der Waals surface area contributed by atoms with Crippen LogP contribution in [0.2, 0.25) is 0 Å². The van der Waals surface area contributed by atoms with Gasteiger partial charge in [-0.3, -0.25) is 9.69 Å². The van der Waals surface area contributed by atoms with Crippen LogP contribution in [-0.4, -0.2) is 36.6 Å². The highest BCUT2D eigenvalue weighted by atomic mass is 32.1. The second kappa shape index (κ2) is 6.72. The summed E-state index contributed by atoms with van der Waals surface area (Å²) in [5.41, 5.74) is 0. The average Bonchev–Trinajstić information content (AvgIpc) is 2.98. The fourth-order valence-electron chi connectivity index (χ4n) is 3.58. The summed E-state index contributed by atoms with van der Waals surface area (Å²) in [7, 11) is 0. The molecule has 4 heteroatoms. The van der Waals surface area contributed by atoms with Crippen LogP contribution in [0.25, 0.3) is 0 Å². The lowest BCUT2D eigenvalue weighted by Gasteiger charge is -2.44. The van der Waals surface area contributed by atoms with E-state index in [-0.39, 0.29) is 5.97 Å². The van der Waals surface area contributed by atoms with Gasteiger partial charge in [-0.15, -0.1) is 11.3 Å². The standard InChI is InChI=1S/C16H23NO2S/c18-16(11-14-6-4-10-20-14)19-12-13-5-3-9-17-8-2-1-7-15(13)17/h4,6,10,13,15H,1-3,5,7-9,11-12H2/t13-,15+/m0/s1. The molecule has 0 unspecified atom stereocenters. The van der Waals surface area contributed by atoms with Gasteiger partial charge in [0.1, 0.15) is 0 Å². The molecular weight excluding hydrogens is 270 g/mol. The first-order chi connectivity index (χ1) is 9.83. The number of carbonyl (C=O) groups excluding carboxylic acids is 1. The summed E-state index contributed by atoms with van der Waals surface area (Å²) in [5.74, 6) is 0.483. The van der Waals surface area contributed by atoms with Crippen molar-refractivity contribution in [1.29, 1.82) is 0 Å². The van der Waals surface area contributed by atoms with Gasteiger partial charge < -0.3 is 4.74 Å². The Labute approximate surface area is 124 Å². The first-order valence-corrected chi connectivity index (χ1v) is 8.63. The third-order valence-corrected chi connectivity index (χ3v) is 5.46. The molecule has 2 saturated heterocycles. The van der Waals surface area contributed by atoms with Crippen molar-refractivity contribution in [3.63, 3.8) is 0 Å². The normalized spacial score (nSPS) is 27.0. The Morgan fingerprint density at radius 1 is 1.30 bits per heavy atom. The number of hydrogen-bond acceptors (Lipinski definition) is 4. The van der Waals surface area contributed by atoms with E-state index in [0.717, 1.165) is 4.88 Å². The van der Waals surface area contributed by atoms with Crippen molar-refractivity contribution >= 4 is 17.3 Å². The summed E-state index contributed by atoms with van der Waals surface area (Å²) in [4.78, 5) is 15.6. The van der Waals surface area contributed by atoms with Crippen LogP contribution in [0.3, 0.4) is 0 Å². The van der Waals surface area contributed by atoms with Crippen molar-refractivity contribution < 1.29 is 9.53 Å². The van der Waals surface area contributed by atoms with E-state index in [1.807, 2.05) is 17.5 Å². The van der Waals surface area contributed by atoms with E-state index < -0.39 is 0 Å². The summed E-state index contributed by atoms with van der Waals surface area (Å²) in [5, 5.41) is 2.00. The number of fused-ring (bicyclic) bond motifs is 1. The minimum atomic E-state index is -0.0691. The maximum Gasteiger partial charge on any atom is 0.311 e.